The van der Waals surface area contributed by atoms with Crippen LogP contribution in [0.3, 0.4) is 0 Å². The Kier molecular flexibility index (Phi) is 3.17. The molecule has 0 fully saturated rings. The van der Waals surface area contributed by atoms with E-state index in [0.717, 1.165) is 11.6 Å². The first-order valence-corrected chi connectivity index (χ1v) is 4.75. The number of hydrogen-bond donors (Lipinski definition) is 2. The third-order valence-electron chi connectivity index (χ3n) is 1.87. The van der Waals surface area contributed by atoms with Crippen molar-refractivity contribution in [3.05, 3.63) is 48.8 Å². The van der Waals surface area contributed by atoms with Crippen LogP contribution in [0.2, 0.25) is 0 Å². The number of aromatic nitrogens is 2. The summed E-state index contributed by atoms with van der Waals surface area (Å²) in [5.41, 5.74) is 0. The van der Waals surface area contributed by atoms with E-state index in [1.54, 1.807) is 12.4 Å². The Labute approximate surface area is 89.1 Å². The van der Waals surface area contributed by atoms with Gasteiger partial charge in [0, 0.05) is 12.4 Å². The van der Waals surface area contributed by atoms with Crippen LogP contribution in [0.15, 0.2) is 48.8 Å². The molecule has 2 rings (SSSR count). The van der Waals surface area contributed by atoms with Gasteiger partial charge in [0.25, 0.3) is 0 Å². The van der Waals surface area contributed by atoms with E-state index in [1.807, 2.05) is 36.4 Å². The van der Waals surface area contributed by atoms with Crippen LogP contribution in [0.5, 0.6) is 0 Å². The molecule has 0 aromatic carbocycles. The fourth-order valence-electron chi connectivity index (χ4n) is 1.16. The van der Waals surface area contributed by atoms with Crippen LogP contribution < -0.4 is 10.5 Å². The molecule has 0 aliphatic rings. The number of pyridine rings is 2. The van der Waals surface area contributed by atoms with Crippen molar-refractivity contribution in [1.29, 1.82) is 0 Å². The van der Waals surface area contributed by atoms with Crippen LogP contribution in [0.1, 0.15) is 0 Å². The predicted octanol–water partition coefficient (Wildman–Crippen LogP) is 1.27. The maximum absolute atomic E-state index is 4.14. The zero-order valence-corrected chi connectivity index (χ0v) is 8.22. The maximum atomic E-state index is 4.14. The van der Waals surface area contributed by atoms with E-state index < -0.39 is 0 Å². The van der Waals surface area contributed by atoms with Gasteiger partial charge < -0.3 is 10.5 Å². The SMILES string of the molecule is B(Nc1ccccn1)Nc1ccccn1. The predicted molar refractivity (Wildman–Crippen MR) is 62.9 cm³/mol. The van der Waals surface area contributed by atoms with Crippen molar-refractivity contribution >= 4 is 19.2 Å². The van der Waals surface area contributed by atoms with Gasteiger partial charge in [-0.3, -0.25) is 0 Å². The first-order chi connectivity index (χ1) is 7.45. The average molecular weight is 198 g/mol. The highest BCUT2D eigenvalue weighted by atomic mass is 15.0. The van der Waals surface area contributed by atoms with Gasteiger partial charge in [-0.15, -0.1) is 0 Å². The number of anilines is 2. The summed E-state index contributed by atoms with van der Waals surface area (Å²) in [5, 5.41) is 6.26. The largest absolute Gasteiger partial charge is 0.397 e. The minimum Gasteiger partial charge on any atom is -0.397 e. The van der Waals surface area contributed by atoms with Crippen LogP contribution in [0, 0.1) is 0 Å². The maximum Gasteiger partial charge on any atom is 0.353 e. The molecule has 2 heterocycles. The average Bonchev–Trinajstić information content (AvgIpc) is 2.32. The molecule has 2 N–H and O–H groups in total. The van der Waals surface area contributed by atoms with Crippen molar-refractivity contribution in [3.8, 4) is 0 Å². The summed E-state index contributed by atoms with van der Waals surface area (Å²) in [6.07, 6.45) is 3.51. The van der Waals surface area contributed by atoms with Crippen molar-refractivity contribution in [2.45, 2.75) is 0 Å². The second kappa shape index (κ2) is 5.00. The fourth-order valence-corrected chi connectivity index (χ4v) is 1.16. The standard InChI is InChI=1S/C10H11BN4/c1-3-7-12-9(5-1)14-11-15-10-6-2-4-8-13-10/h1-8,11H,(H,12,14)(H,13,15). The van der Waals surface area contributed by atoms with E-state index in [0.29, 0.717) is 7.55 Å². The number of rotatable bonds is 4. The van der Waals surface area contributed by atoms with Gasteiger partial charge >= 0.3 is 7.55 Å². The Balaban J connectivity index is 1.81. The topological polar surface area (TPSA) is 49.8 Å². The van der Waals surface area contributed by atoms with Gasteiger partial charge in [0.05, 0.1) is 0 Å². The van der Waals surface area contributed by atoms with Crippen LogP contribution >= 0.6 is 0 Å². The second-order valence-corrected chi connectivity index (χ2v) is 2.96. The molecule has 0 saturated carbocycles. The van der Waals surface area contributed by atoms with E-state index in [2.05, 4.69) is 20.4 Å². The summed E-state index contributed by atoms with van der Waals surface area (Å²) in [7, 11) is 0.605. The van der Waals surface area contributed by atoms with Crippen LogP contribution in [0.25, 0.3) is 0 Å². The number of hydrogen-bond acceptors (Lipinski definition) is 4. The molecular weight excluding hydrogens is 187 g/mol. The van der Waals surface area contributed by atoms with E-state index >= 15 is 0 Å². The minimum atomic E-state index is 0.605. The molecule has 0 aliphatic heterocycles. The highest BCUT2D eigenvalue weighted by Crippen LogP contribution is 2.00. The lowest BCUT2D eigenvalue weighted by Crippen LogP contribution is -2.17. The molecule has 0 radical (unpaired) electrons. The van der Waals surface area contributed by atoms with Crippen molar-refractivity contribution in [2.24, 2.45) is 0 Å². The van der Waals surface area contributed by atoms with Crippen LogP contribution in [-0.2, 0) is 0 Å². The lowest BCUT2D eigenvalue weighted by Gasteiger charge is -2.05. The fraction of sp³-hybridized carbons (Fsp3) is 0. The van der Waals surface area contributed by atoms with Crippen LogP contribution in [-0.4, -0.2) is 17.5 Å². The van der Waals surface area contributed by atoms with E-state index in [-0.39, 0.29) is 0 Å². The van der Waals surface area contributed by atoms with Gasteiger partial charge in [-0.2, -0.15) is 0 Å². The van der Waals surface area contributed by atoms with Crippen LogP contribution in [0.4, 0.5) is 11.6 Å². The summed E-state index contributed by atoms with van der Waals surface area (Å²) >= 11 is 0. The first kappa shape index (κ1) is 9.52. The molecule has 0 atom stereocenters. The summed E-state index contributed by atoms with van der Waals surface area (Å²) < 4.78 is 0. The zero-order chi connectivity index (χ0) is 10.3. The molecule has 2 aromatic rings. The summed E-state index contributed by atoms with van der Waals surface area (Å²) in [6, 6.07) is 11.5. The van der Waals surface area contributed by atoms with E-state index in [1.165, 1.54) is 0 Å². The Morgan fingerprint density at radius 3 is 1.73 bits per heavy atom. The van der Waals surface area contributed by atoms with Crippen molar-refractivity contribution in [1.82, 2.24) is 9.97 Å². The van der Waals surface area contributed by atoms with Crippen molar-refractivity contribution in [2.75, 3.05) is 10.5 Å². The van der Waals surface area contributed by atoms with Gasteiger partial charge in [0.1, 0.15) is 11.6 Å². The third-order valence-corrected chi connectivity index (χ3v) is 1.87. The molecule has 4 nitrogen and oxygen atoms in total. The quantitative estimate of drug-likeness (QED) is 0.726. The molecule has 2 aromatic heterocycles. The Morgan fingerprint density at radius 2 is 1.33 bits per heavy atom. The molecule has 15 heavy (non-hydrogen) atoms. The van der Waals surface area contributed by atoms with Crippen molar-refractivity contribution in [3.63, 3.8) is 0 Å². The molecule has 0 spiro atoms. The Hall–Kier alpha value is -2.04. The highest BCUT2D eigenvalue weighted by Gasteiger charge is 1.94. The molecule has 0 bridgehead atoms. The Bertz CT molecular complexity index is 353. The highest BCUT2D eigenvalue weighted by molar-refractivity contribution is 6.44. The number of nitrogens with one attached hydrogen (secondary N) is 2. The van der Waals surface area contributed by atoms with Gasteiger partial charge in [-0.25, -0.2) is 9.97 Å². The molecule has 0 saturated heterocycles. The Morgan fingerprint density at radius 1 is 0.800 bits per heavy atom. The summed E-state index contributed by atoms with van der Waals surface area (Å²) in [4.78, 5) is 8.28. The first-order valence-electron chi connectivity index (χ1n) is 4.75. The molecule has 5 heteroatoms. The zero-order valence-electron chi connectivity index (χ0n) is 8.22. The van der Waals surface area contributed by atoms with Gasteiger partial charge in [0.15, 0.2) is 0 Å². The lowest BCUT2D eigenvalue weighted by atomic mass is 10.1. The minimum absolute atomic E-state index is 0.605. The molecule has 0 amide bonds. The number of nitrogens with zero attached hydrogens (tertiary/aromatic N) is 2. The molecule has 0 aliphatic carbocycles. The van der Waals surface area contributed by atoms with Gasteiger partial charge in [0.2, 0.25) is 0 Å². The second-order valence-electron chi connectivity index (χ2n) is 2.96. The smallest absolute Gasteiger partial charge is 0.353 e. The molecular formula is C10H11BN4. The van der Waals surface area contributed by atoms with Gasteiger partial charge in [-0.1, -0.05) is 12.1 Å². The normalized spacial score (nSPS) is 9.33. The lowest BCUT2D eigenvalue weighted by molar-refractivity contribution is 1.32. The van der Waals surface area contributed by atoms with E-state index in [4.69, 9.17) is 0 Å². The van der Waals surface area contributed by atoms with Crippen molar-refractivity contribution < 1.29 is 0 Å². The third kappa shape index (κ3) is 2.98. The molecule has 74 valence electrons. The van der Waals surface area contributed by atoms with E-state index in [9.17, 15) is 0 Å². The van der Waals surface area contributed by atoms with Gasteiger partial charge in [-0.05, 0) is 24.3 Å². The summed E-state index contributed by atoms with van der Waals surface area (Å²) in [6.45, 7) is 0. The monoisotopic (exact) mass is 198 g/mol. The summed E-state index contributed by atoms with van der Waals surface area (Å²) in [5.74, 6) is 1.70. The molecule has 0 unspecified atom stereocenters.